The number of nitrogens with one attached hydrogen (secondary N) is 1. The van der Waals surface area contributed by atoms with Crippen molar-refractivity contribution in [1.82, 2.24) is 19.4 Å². The Morgan fingerprint density at radius 1 is 1.11 bits per heavy atom. The van der Waals surface area contributed by atoms with Crippen molar-refractivity contribution in [2.24, 2.45) is 11.3 Å². The number of rotatable bonds is 8. The van der Waals surface area contributed by atoms with Crippen molar-refractivity contribution in [3.8, 4) is 0 Å². The Labute approximate surface area is 220 Å². The van der Waals surface area contributed by atoms with Crippen LogP contribution in [0.3, 0.4) is 0 Å². The first-order valence-electron chi connectivity index (χ1n) is 11.9. The second kappa shape index (κ2) is 10.3. The van der Waals surface area contributed by atoms with Crippen LogP contribution in [0.1, 0.15) is 26.3 Å². The van der Waals surface area contributed by atoms with E-state index in [2.05, 4.69) is 16.8 Å². The highest BCUT2D eigenvalue weighted by molar-refractivity contribution is 6.30. The van der Waals surface area contributed by atoms with Crippen LogP contribution in [0.4, 0.5) is 15.3 Å². The van der Waals surface area contributed by atoms with Crippen LogP contribution in [0.5, 0.6) is 0 Å². The molecule has 2 aromatic carbocycles. The van der Waals surface area contributed by atoms with Gasteiger partial charge < -0.3 is 14.6 Å². The van der Waals surface area contributed by atoms with Gasteiger partial charge in [-0.25, -0.2) is 25.3 Å². The Hall–Kier alpha value is -3.76. The van der Waals surface area contributed by atoms with Crippen LogP contribution in [0.15, 0.2) is 54.7 Å². The van der Waals surface area contributed by atoms with E-state index in [0.29, 0.717) is 10.7 Å². The molecule has 0 aliphatic carbocycles. The first kappa shape index (κ1) is 26.3. The summed E-state index contributed by atoms with van der Waals surface area (Å²) in [6.07, 6.45) is 1.02. The zero-order valence-electron chi connectivity index (χ0n) is 21.3. The molecule has 4 rings (SSSR count). The largest absolute Gasteiger partial charge is 0.469 e. The van der Waals surface area contributed by atoms with E-state index >= 15 is 0 Å². The van der Waals surface area contributed by atoms with E-state index in [-0.39, 0.29) is 13.1 Å². The van der Waals surface area contributed by atoms with Crippen molar-refractivity contribution in [3.05, 3.63) is 65.3 Å². The van der Waals surface area contributed by atoms with Gasteiger partial charge >= 0.3 is 18.0 Å². The maximum Gasteiger partial charge on any atom is 0.345 e. The van der Waals surface area contributed by atoms with Crippen LogP contribution in [0.2, 0.25) is 5.02 Å². The molecule has 196 valence electrons. The first-order valence-corrected chi connectivity index (χ1v) is 12.3. The van der Waals surface area contributed by atoms with Crippen LogP contribution in [-0.2, 0) is 22.6 Å². The number of amides is 4. The van der Waals surface area contributed by atoms with Crippen molar-refractivity contribution >= 4 is 46.2 Å². The molecule has 1 atom stereocenters. The fourth-order valence-corrected chi connectivity index (χ4v) is 4.54. The third-order valence-corrected chi connectivity index (χ3v) is 6.70. The smallest absolute Gasteiger partial charge is 0.345 e. The summed E-state index contributed by atoms with van der Waals surface area (Å²) in [5, 5.41) is 5.78. The number of esters is 1. The molecule has 11 heteroatoms. The van der Waals surface area contributed by atoms with Crippen molar-refractivity contribution < 1.29 is 19.1 Å². The number of halogens is 1. The van der Waals surface area contributed by atoms with Gasteiger partial charge in [0.2, 0.25) is 6.29 Å². The van der Waals surface area contributed by atoms with Crippen molar-refractivity contribution in [3.63, 3.8) is 0 Å². The van der Waals surface area contributed by atoms with E-state index in [1.54, 1.807) is 38.1 Å². The molecule has 0 bridgehead atoms. The van der Waals surface area contributed by atoms with E-state index in [4.69, 9.17) is 22.2 Å². The number of imide groups is 1. The van der Waals surface area contributed by atoms with Crippen LogP contribution in [-0.4, -0.2) is 57.4 Å². The Morgan fingerprint density at radius 3 is 2.46 bits per heavy atom. The number of hydrogen-bond donors (Lipinski definition) is 2. The van der Waals surface area contributed by atoms with Crippen molar-refractivity contribution in [1.29, 1.82) is 0 Å². The zero-order valence-corrected chi connectivity index (χ0v) is 22.0. The van der Waals surface area contributed by atoms with Gasteiger partial charge in [-0.2, -0.15) is 0 Å². The van der Waals surface area contributed by atoms with E-state index in [0.717, 1.165) is 32.9 Å². The van der Waals surface area contributed by atoms with Gasteiger partial charge in [-0.05, 0) is 62.7 Å². The number of urea groups is 2. The number of benzene rings is 2. The van der Waals surface area contributed by atoms with Gasteiger partial charge in [0, 0.05) is 40.9 Å². The molecule has 1 aromatic heterocycles. The minimum absolute atomic E-state index is 0.137. The molecule has 2 heterocycles. The number of nitrogens with two attached hydrogens (primary N) is 1. The van der Waals surface area contributed by atoms with Gasteiger partial charge in [-0.3, -0.25) is 9.69 Å². The van der Waals surface area contributed by atoms with Crippen molar-refractivity contribution in [2.45, 2.75) is 40.2 Å². The lowest BCUT2D eigenvalue weighted by Gasteiger charge is -2.46. The van der Waals surface area contributed by atoms with Crippen LogP contribution < -0.4 is 11.2 Å². The predicted octanol–water partition coefficient (Wildman–Crippen LogP) is 4.44. The fourth-order valence-electron chi connectivity index (χ4n) is 4.41. The minimum Gasteiger partial charge on any atom is -0.469 e. The molecule has 1 unspecified atom stereocenters. The summed E-state index contributed by atoms with van der Waals surface area (Å²) in [7, 11) is 1.26. The average molecular weight is 527 g/mol. The molecule has 0 saturated carbocycles. The number of ether oxygens (including phenoxy) is 1. The quantitative estimate of drug-likeness (QED) is 0.255. The highest BCUT2D eigenvalue weighted by Crippen LogP contribution is 2.28. The van der Waals surface area contributed by atoms with E-state index in [1.165, 1.54) is 12.0 Å². The minimum atomic E-state index is -1.13. The third-order valence-electron chi connectivity index (χ3n) is 6.45. The highest BCUT2D eigenvalue weighted by Gasteiger charge is 2.46. The monoisotopic (exact) mass is 526 g/mol. The summed E-state index contributed by atoms with van der Waals surface area (Å²) in [6.45, 7) is 6.05. The fraction of sp³-hybridized carbons (Fsp3) is 0.346. The normalized spacial score (nSPS) is 16.5. The maximum atomic E-state index is 13.7. The molecular formula is C26H31ClN6O4. The van der Waals surface area contributed by atoms with Crippen LogP contribution in [0.25, 0.3) is 10.9 Å². The summed E-state index contributed by atoms with van der Waals surface area (Å²) in [5.74, 6) is 5.75. The van der Waals surface area contributed by atoms with Gasteiger partial charge in [0.15, 0.2) is 0 Å². The number of fused-ring (bicyclic) bond motifs is 1. The number of nitrogens with zero attached hydrogens (tertiary/aromatic N) is 4. The number of anilines is 1. The van der Waals surface area contributed by atoms with E-state index < -0.39 is 29.7 Å². The predicted molar refractivity (Wildman–Crippen MR) is 141 cm³/mol. The summed E-state index contributed by atoms with van der Waals surface area (Å²) >= 11 is 6.04. The molecule has 1 saturated heterocycles. The lowest BCUT2D eigenvalue weighted by atomic mass is 9.93. The summed E-state index contributed by atoms with van der Waals surface area (Å²) < 4.78 is 6.98. The van der Waals surface area contributed by atoms with E-state index in [1.807, 2.05) is 30.5 Å². The Kier molecular flexibility index (Phi) is 7.33. The van der Waals surface area contributed by atoms with Gasteiger partial charge in [-0.15, -0.1) is 0 Å². The number of carbonyl (C=O) groups is 3. The average Bonchev–Trinajstić information content (AvgIpc) is 3.30. The number of aryl methyl sites for hydroxylation is 1. The molecule has 3 aromatic rings. The lowest BCUT2D eigenvalue weighted by molar-refractivity contribution is -0.151. The van der Waals surface area contributed by atoms with Gasteiger partial charge in [0.05, 0.1) is 19.1 Å². The Morgan fingerprint density at radius 2 is 1.81 bits per heavy atom. The maximum absolute atomic E-state index is 13.7. The number of aromatic nitrogens is 1. The second-order valence-electron chi connectivity index (χ2n) is 9.58. The highest BCUT2D eigenvalue weighted by atomic mass is 35.5. The van der Waals surface area contributed by atoms with Crippen molar-refractivity contribution in [2.75, 3.05) is 19.0 Å². The molecule has 10 nitrogen and oxygen atoms in total. The molecule has 3 N–H and O–H groups in total. The zero-order chi connectivity index (χ0) is 26.9. The number of hydrogen-bond acceptors (Lipinski definition) is 6. The molecule has 1 aliphatic rings. The number of carbonyl (C=O) groups excluding carboxylic acids is 3. The summed E-state index contributed by atoms with van der Waals surface area (Å²) in [4.78, 5) is 41.7. The number of hydrazine groups is 1. The van der Waals surface area contributed by atoms with Gasteiger partial charge in [0.1, 0.15) is 0 Å². The standard InChI is InChI=1S/C26H31ClN6O4/c1-5-30-13-12-18-14-20(10-11-21(18)30)29-23-31(15-17-6-8-19(27)9-7-17)24(35)32(25(36)33(23)28)16-26(2,3)22(34)37-4/h6-14,23,29H,5,15-16,28H2,1-4H3. The number of methoxy groups -OCH3 is 1. The second-order valence-corrected chi connectivity index (χ2v) is 10.0. The SMILES string of the molecule is CCn1ccc2cc(NC3N(N)C(=O)N(CC(C)(C)C(=O)OC)C(=O)N3Cc3ccc(Cl)cc3)ccc21. The van der Waals surface area contributed by atoms with Gasteiger partial charge in [-0.1, -0.05) is 23.7 Å². The summed E-state index contributed by atoms with van der Waals surface area (Å²) in [5.41, 5.74) is 1.41. The van der Waals surface area contributed by atoms with Gasteiger partial charge in [0.25, 0.3) is 0 Å². The first-order chi connectivity index (χ1) is 17.6. The molecule has 1 aliphatic heterocycles. The lowest BCUT2D eigenvalue weighted by Crippen LogP contribution is -2.71. The molecular weight excluding hydrogens is 496 g/mol. The molecule has 0 radical (unpaired) electrons. The Balaban J connectivity index is 1.68. The van der Waals surface area contributed by atoms with E-state index in [9.17, 15) is 14.4 Å². The third kappa shape index (κ3) is 5.21. The topological polar surface area (TPSA) is 113 Å². The molecule has 37 heavy (non-hydrogen) atoms. The van der Waals surface area contributed by atoms with Crippen LogP contribution in [0, 0.1) is 5.41 Å². The molecule has 4 amide bonds. The van der Waals surface area contributed by atoms with Crippen LogP contribution >= 0.6 is 11.6 Å². The molecule has 1 fully saturated rings. The molecule has 0 spiro atoms. The Bertz CT molecular complexity index is 1320. The summed E-state index contributed by atoms with van der Waals surface area (Å²) in [6, 6.07) is 13.5.